The summed E-state index contributed by atoms with van der Waals surface area (Å²) in [4.78, 5) is 0. The molecule has 22 heavy (non-hydrogen) atoms. The molecular weight excluding hydrogens is 304 g/mol. The molecule has 4 unspecified atom stereocenters. The molecule has 1 saturated carbocycles. The number of nitrogens with one attached hydrogen (secondary N) is 1. The quantitative estimate of drug-likeness (QED) is 0.823. The lowest BCUT2D eigenvalue weighted by Crippen LogP contribution is -2.70. The number of nitrogens with zero attached hydrogens (tertiary/aromatic N) is 1. The second-order valence-corrected chi connectivity index (χ2v) is 8.57. The van der Waals surface area contributed by atoms with Crippen molar-refractivity contribution in [2.75, 3.05) is 26.3 Å². The number of rotatable bonds is 5. The van der Waals surface area contributed by atoms with Crippen LogP contribution >= 0.6 is 0 Å². The predicted octanol–water partition coefficient (Wildman–Crippen LogP) is 1.28. The molecule has 0 aromatic heterocycles. The zero-order valence-corrected chi connectivity index (χ0v) is 14.4. The van der Waals surface area contributed by atoms with E-state index in [1.165, 1.54) is 0 Å². The Bertz CT molecular complexity index is 490. The molecule has 2 aliphatic heterocycles. The zero-order valence-electron chi connectivity index (χ0n) is 13.6. The zero-order chi connectivity index (χ0) is 15.8. The third-order valence-electron chi connectivity index (χ3n) is 5.29. The van der Waals surface area contributed by atoms with E-state index in [1.807, 2.05) is 6.92 Å². The lowest BCUT2D eigenvalue weighted by Gasteiger charge is -2.52. The van der Waals surface area contributed by atoms with E-state index in [0.29, 0.717) is 38.6 Å². The van der Waals surface area contributed by atoms with E-state index in [1.54, 1.807) is 4.31 Å². The monoisotopic (exact) mass is 332 g/mol. The molecule has 0 bridgehead atoms. The Kier molecular flexibility index (Phi) is 4.81. The Labute approximate surface area is 133 Å². The molecule has 1 aliphatic carbocycles. The molecule has 3 rings (SSSR count). The molecule has 4 atom stereocenters. The van der Waals surface area contributed by atoms with Gasteiger partial charge in [-0.2, -0.15) is 17.4 Å². The number of hydrogen-bond donors (Lipinski definition) is 1. The summed E-state index contributed by atoms with van der Waals surface area (Å²) in [6, 6.07) is -0.159. The Morgan fingerprint density at radius 2 is 2.23 bits per heavy atom. The Balaban J connectivity index is 1.67. The highest BCUT2D eigenvalue weighted by Gasteiger charge is 2.60. The smallest absolute Gasteiger partial charge is 0.279 e. The Hall–Kier alpha value is -0.210. The first-order chi connectivity index (χ1) is 10.5. The van der Waals surface area contributed by atoms with Crippen LogP contribution in [0.2, 0.25) is 0 Å². The summed E-state index contributed by atoms with van der Waals surface area (Å²) in [6.45, 7) is 6.65. The number of hydrogen-bond acceptors (Lipinski definition) is 4. The minimum Gasteiger partial charge on any atom is -0.375 e. The van der Waals surface area contributed by atoms with Crippen LogP contribution < -0.4 is 4.72 Å². The van der Waals surface area contributed by atoms with E-state index in [4.69, 9.17) is 9.47 Å². The molecule has 2 saturated heterocycles. The van der Waals surface area contributed by atoms with Crippen LogP contribution in [-0.4, -0.2) is 56.8 Å². The van der Waals surface area contributed by atoms with Gasteiger partial charge in [0.15, 0.2) is 0 Å². The Morgan fingerprint density at radius 3 is 2.86 bits per heavy atom. The summed E-state index contributed by atoms with van der Waals surface area (Å²) in [7, 11) is -3.43. The van der Waals surface area contributed by atoms with Gasteiger partial charge in [-0.15, -0.1) is 0 Å². The highest BCUT2D eigenvalue weighted by Crippen LogP contribution is 2.46. The van der Waals surface area contributed by atoms with Crippen LogP contribution in [0, 0.1) is 5.92 Å². The van der Waals surface area contributed by atoms with Crippen LogP contribution in [0.1, 0.15) is 46.0 Å². The van der Waals surface area contributed by atoms with Crippen LogP contribution in [-0.2, 0) is 19.7 Å². The number of piperidine rings is 1. The second kappa shape index (κ2) is 6.36. The largest absolute Gasteiger partial charge is 0.375 e. The van der Waals surface area contributed by atoms with Gasteiger partial charge >= 0.3 is 0 Å². The van der Waals surface area contributed by atoms with Gasteiger partial charge in [-0.25, -0.2) is 0 Å². The van der Waals surface area contributed by atoms with Gasteiger partial charge in [0.2, 0.25) is 0 Å². The maximum absolute atomic E-state index is 12.7. The van der Waals surface area contributed by atoms with Crippen LogP contribution in [0.3, 0.4) is 0 Å². The molecule has 128 valence electrons. The summed E-state index contributed by atoms with van der Waals surface area (Å²) in [5.74, 6) is 0.430. The molecule has 0 aromatic carbocycles. The van der Waals surface area contributed by atoms with Crippen molar-refractivity contribution < 1.29 is 17.9 Å². The van der Waals surface area contributed by atoms with Gasteiger partial charge in [-0.1, -0.05) is 6.92 Å². The molecule has 0 radical (unpaired) electrons. The maximum Gasteiger partial charge on any atom is 0.279 e. The Morgan fingerprint density at radius 1 is 1.41 bits per heavy atom. The summed E-state index contributed by atoms with van der Waals surface area (Å²) >= 11 is 0. The van der Waals surface area contributed by atoms with Crippen molar-refractivity contribution in [3.05, 3.63) is 0 Å². The molecule has 1 N–H and O–H groups in total. The highest BCUT2D eigenvalue weighted by molar-refractivity contribution is 7.87. The van der Waals surface area contributed by atoms with E-state index < -0.39 is 15.8 Å². The normalized spacial score (nSPS) is 40.0. The third-order valence-corrected chi connectivity index (χ3v) is 6.88. The second-order valence-electron chi connectivity index (χ2n) is 6.87. The first-order valence-electron chi connectivity index (χ1n) is 8.51. The van der Waals surface area contributed by atoms with E-state index in [2.05, 4.69) is 11.6 Å². The first kappa shape index (κ1) is 16.6. The van der Waals surface area contributed by atoms with Gasteiger partial charge < -0.3 is 9.47 Å². The SMILES string of the molecule is CCOC1CC(NS(=O)(=O)N2CCCC(C)C2)C12CCCO2. The molecule has 3 fully saturated rings. The minimum atomic E-state index is -3.43. The van der Waals surface area contributed by atoms with Crippen LogP contribution in [0.5, 0.6) is 0 Å². The average molecular weight is 332 g/mol. The van der Waals surface area contributed by atoms with Gasteiger partial charge in [0, 0.05) is 26.3 Å². The predicted molar refractivity (Wildman–Crippen MR) is 83.8 cm³/mol. The average Bonchev–Trinajstić information content (AvgIpc) is 2.99. The molecular formula is C15H28N2O4S. The topological polar surface area (TPSA) is 67.9 Å². The fraction of sp³-hybridized carbons (Fsp3) is 1.00. The summed E-state index contributed by atoms with van der Waals surface area (Å²) in [6.07, 6.45) is 4.62. The van der Waals surface area contributed by atoms with Crippen molar-refractivity contribution in [1.29, 1.82) is 0 Å². The van der Waals surface area contributed by atoms with Gasteiger partial charge in [-0.3, -0.25) is 0 Å². The van der Waals surface area contributed by atoms with Crippen molar-refractivity contribution in [3.63, 3.8) is 0 Å². The van der Waals surface area contributed by atoms with E-state index >= 15 is 0 Å². The fourth-order valence-electron chi connectivity index (χ4n) is 4.07. The lowest BCUT2D eigenvalue weighted by molar-refractivity contribution is -0.193. The summed E-state index contributed by atoms with van der Waals surface area (Å²) in [5.41, 5.74) is -0.440. The molecule has 6 nitrogen and oxygen atoms in total. The van der Waals surface area contributed by atoms with Crippen molar-refractivity contribution >= 4 is 10.2 Å². The summed E-state index contributed by atoms with van der Waals surface area (Å²) < 4.78 is 41.5. The van der Waals surface area contributed by atoms with E-state index in [0.717, 1.165) is 25.7 Å². The minimum absolute atomic E-state index is 0.0213. The number of ether oxygens (including phenoxy) is 2. The van der Waals surface area contributed by atoms with Crippen LogP contribution in [0.25, 0.3) is 0 Å². The maximum atomic E-state index is 12.7. The van der Waals surface area contributed by atoms with Crippen LogP contribution in [0.4, 0.5) is 0 Å². The van der Waals surface area contributed by atoms with Crippen molar-refractivity contribution in [1.82, 2.24) is 9.03 Å². The first-order valence-corrected chi connectivity index (χ1v) is 9.95. The van der Waals surface area contributed by atoms with Crippen molar-refractivity contribution in [3.8, 4) is 0 Å². The van der Waals surface area contributed by atoms with Gasteiger partial charge in [0.25, 0.3) is 10.2 Å². The molecule has 3 aliphatic rings. The molecule has 0 amide bonds. The molecule has 1 spiro atoms. The third kappa shape index (κ3) is 2.94. The highest BCUT2D eigenvalue weighted by atomic mass is 32.2. The van der Waals surface area contributed by atoms with Crippen LogP contribution in [0.15, 0.2) is 0 Å². The van der Waals surface area contributed by atoms with Crippen molar-refractivity contribution in [2.45, 2.75) is 63.7 Å². The van der Waals surface area contributed by atoms with E-state index in [9.17, 15) is 8.42 Å². The van der Waals surface area contributed by atoms with Gasteiger partial charge in [0.05, 0.1) is 12.1 Å². The van der Waals surface area contributed by atoms with Crippen molar-refractivity contribution in [2.24, 2.45) is 5.92 Å². The summed E-state index contributed by atoms with van der Waals surface area (Å²) in [5, 5.41) is 0. The standard InChI is InChI=1S/C15H28N2O4S/c1-3-20-14-10-13(15(14)7-5-9-21-15)16-22(18,19)17-8-4-6-12(2)11-17/h12-14,16H,3-11H2,1-2H3. The van der Waals surface area contributed by atoms with E-state index in [-0.39, 0.29) is 12.1 Å². The molecule has 7 heteroatoms. The molecule has 0 aromatic rings. The fourth-order valence-corrected chi connectivity index (χ4v) is 5.69. The van der Waals surface area contributed by atoms with Gasteiger partial charge in [0.1, 0.15) is 5.60 Å². The lowest BCUT2D eigenvalue weighted by atomic mass is 9.70. The van der Waals surface area contributed by atoms with Gasteiger partial charge in [-0.05, 0) is 44.9 Å². The molecule has 2 heterocycles.